The van der Waals surface area contributed by atoms with Gasteiger partial charge in [-0.25, -0.2) is 18.1 Å². The molecular weight excluding hydrogens is 472 g/mol. The van der Waals surface area contributed by atoms with Gasteiger partial charge in [-0.15, -0.1) is 0 Å². The van der Waals surface area contributed by atoms with Crippen molar-refractivity contribution in [3.8, 4) is 17.1 Å². The summed E-state index contributed by atoms with van der Waals surface area (Å²) in [5.41, 5.74) is 0.681. The van der Waals surface area contributed by atoms with Crippen molar-refractivity contribution in [2.24, 2.45) is 0 Å². The second-order valence-corrected chi connectivity index (χ2v) is 10.0. The van der Waals surface area contributed by atoms with E-state index in [9.17, 15) is 13.2 Å². The van der Waals surface area contributed by atoms with Crippen LogP contribution in [0.25, 0.3) is 11.4 Å². The molecule has 1 aromatic heterocycles. The van der Waals surface area contributed by atoms with Crippen LogP contribution in [0.1, 0.15) is 38.8 Å². The van der Waals surface area contributed by atoms with Crippen LogP contribution in [-0.4, -0.2) is 57.1 Å². The lowest BCUT2D eigenvalue weighted by Gasteiger charge is -2.15. The summed E-state index contributed by atoms with van der Waals surface area (Å²) in [7, 11) is 0.00862. The minimum Gasteiger partial charge on any atom is -0.493 e. The van der Waals surface area contributed by atoms with Crippen molar-refractivity contribution in [3.05, 3.63) is 38.7 Å². The molecule has 166 valence electrons. The fourth-order valence-corrected chi connectivity index (χ4v) is 4.36. The molecule has 0 spiro atoms. The maximum Gasteiger partial charge on any atom is 0.265 e. The first kappa shape index (κ1) is 24.5. The summed E-state index contributed by atoms with van der Waals surface area (Å²) in [4.78, 5) is 21.7. The number of ether oxygens (including phenoxy) is 1. The Labute approximate surface area is 186 Å². The lowest BCUT2D eigenvalue weighted by Crippen LogP contribution is -2.31. The molecule has 0 radical (unpaired) electrons. The van der Waals surface area contributed by atoms with Gasteiger partial charge in [0, 0.05) is 13.1 Å². The highest BCUT2D eigenvalue weighted by molar-refractivity contribution is 9.10. The maximum atomic E-state index is 12.7. The normalized spacial score (nSPS) is 12.0. The Kier molecular flexibility index (Phi) is 8.60. The van der Waals surface area contributed by atoms with Gasteiger partial charge in [-0.1, -0.05) is 20.8 Å². The number of nitrogens with one attached hydrogen (secondary N) is 2. The molecular formula is C20H29BrN4O4S. The third-order valence-electron chi connectivity index (χ3n) is 4.26. The molecule has 10 heteroatoms. The van der Waals surface area contributed by atoms with Crippen molar-refractivity contribution in [2.75, 3.05) is 33.8 Å². The summed E-state index contributed by atoms with van der Waals surface area (Å²) in [5, 5.41) is 0. The topological polar surface area (TPSA) is 104 Å². The molecule has 2 N–H and O–H groups in total. The molecule has 0 amide bonds. The molecule has 30 heavy (non-hydrogen) atoms. The number of rotatable bonds is 10. The van der Waals surface area contributed by atoms with Gasteiger partial charge in [0.25, 0.3) is 5.56 Å². The van der Waals surface area contributed by atoms with Gasteiger partial charge in [-0.3, -0.25) is 4.79 Å². The summed E-state index contributed by atoms with van der Waals surface area (Å²) in [5.74, 6) is 0.729. The zero-order valence-electron chi connectivity index (χ0n) is 18.0. The van der Waals surface area contributed by atoms with Crippen LogP contribution in [0.3, 0.4) is 0 Å². The van der Waals surface area contributed by atoms with Crippen molar-refractivity contribution in [2.45, 2.75) is 38.0 Å². The van der Waals surface area contributed by atoms with E-state index in [1.807, 2.05) is 39.8 Å². The van der Waals surface area contributed by atoms with Gasteiger partial charge in [0.1, 0.15) is 16.0 Å². The van der Waals surface area contributed by atoms with E-state index in [-0.39, 0.29) is 28.7 Å². The van der Waals surface area contributed by atoms with E-state index in [1.54, 1.807) is 6.07 Å². The quantitative estimate of drug-likeness (QED) is 0.519. The molecule has 0 aliphatic carbocycles. The lowest BCUT2D eigenvalue weighted by atomic mass is 10.1. The molecule has 2 rings (SSSR count). The Bertz CT molecular complexity index is 1040. The first-order valence-electron chi connectivity index (χ1n) is 9.78. The summed E-state index contributed by atoms with van der Waals surface area (Å²) in [6.45, 7) is 7.15. The molecule has 0 aliphatic rings. The van der Waals surface area contributed by atoms with Gasteiger partial charge in [0.15, 0.2) is 0 Å². The second kappa shape index (κ2) is 10.5. The van der Waals surface area contributed by atoms with Crippen LogP contribution in [0, 0.1) is 0 Å². The van der Waals surface area contributed by atoms with Crippen molar-refractivity contribution < 1.29 is 13.2 Å². The summed E-state index contributed by atoms with van der Waals surface area (Å²) in [6, 6.07) is 4.58. The molecule has 1 heterocycles. The van der Waals surface area contributed by atoms with Gasteiger partial charge in [-0.05, 0) is 60.6 Å². The molecule has 2 aromatic rings. The van der Waals surface area contributed by atoms with Crippen LogP contribution in [0.4, 0.5) is 0 Å². The average molecular weight is 501 g/mol. The molecule has 0 atom stereocenters. The van der Waals surface area contributed by atoms with Crippen LogP contribution >= 0.6 is 15.9 Å². The van der Waals surface area contributed by atoms with E-state index in [2.05, 4.69) is 30.6 Å². The number of sulfonamides is 1. The molecule has 8 nitrogen and oxygen atoms in total. The van der Waals surface area contributed by atoms with Crippen LogP contribution < -0.4 is 15.0 Å². The minimum absolute atomic E-state index is 0.0000469. The molecule has 0 fully saturated rings. The highest BCUT2D eigenvalue weighted by atomic mass is 79.9. The lowest BCUT2D eigenvalue weighted by molar-refractivity contribution is 0.318. The molecule has 0 aliphatic heterocycles. The van der Waals surface area contributed by atoms with E-state index in [0.717, 1.165) is 6.42 Å². The van der Waals surface area contributed by atoms with Gasteiger partial charge in [0.05, 0.1) is 22.8 Å². The summed E-state index contributed by atoms with van der Waals surface area (Å²) >= 11 is 3.29. The van der Waals surface area contributed by atoms with Crippen LogP contribution in [0.5, 0.6) is 5.75 Å². The maximum absolute atomic E-state index is 12.7. The molecule has 0 unspecified atom stereocenters. The number of hydrogen-bond donors (Lipinski definition) is 2. The van der Waals surface area contributed by atoms with Gasteiger partial charge < -0.3 is 14.6 Å². The Hall–Kier alpha value is -1.75. The van der Waals surface area contributed by atoms with Gasteiger partial charge in [0.2, 0.25) is 10.0 Å². The van der Waals surface area contributed by atoms with E-state index in [4.69, 9.17) is 4.74 Å². The number of benzene rings is 1. The monoisotopic (exact) mass is 500 g/mol. The third kappa shape index (κ3) is 6.13. The number of halogens is 1. The standard InChI is InChI=1S/C20H29BrN4O4S/c1-6-11-29-16-8-7-14(30(27,28)22-9-10-25(4)5)12-15(16)19-23-18(13(2)3)17(21)20(26)24-19/h7-8,12-13,22H,6,9-11H2,1-5H3,(H,23,24,26). The van der Waals surface area contributed by atoms with E-state index in [0.29, 0.717) is 34.6 Å². The highest BCUT2D eigenvalue weighted by Gasteiger charge is 2.20. The first-order chi connectivity index (χ1) is 14.1. The van der Waals surface area contributed by atoms with Crippen molar-refractivity contribution in [3.63, 3.8) is 0 Å². The summed E-state index contributed by atoms with van der Waals surface area (Å²) < 4.78 is 34.2. The largest absolute Gasteiger partial charge is 0.493 e. The Morgan fingerprint density at radius 3 is 2.60 bits per heavy atom. The minimum atomic E-state index is -3.73. The first-order valence-corrected chi connectivity index (χ1v) is 12.1. The number of H-pyrrole nitrogens is 1. The third-order valence-corrected chi connectivity index (χ3v) is 6.49. The predicted octanol–water partition coefficient (Wildman–Crippen LogP) is 2.95. The number of aromatic amines is 1. The number of hydrogen-bond acceptors (Lipinski definition) is 6. The number of likely N-dealkylation sites (N-methyl/N-ethyl adjacent to an activating group) is 1. The zero-order valence-corrected chi connectivity index (χ0v) is 20.4. The second-order valence-electron chi connectivity index (χ2n) is 7.48. The van der Waals surface area contributed by atoms with Crippen LogP contribution in [0.2, 0.25) is 0 Å². The molecule has 0 bridgehead atoms. The van der Waals surface area contributed by atoms with Crippen LogP contribution in [-0.2, 0) is 10.0 Å². The fraction of sp³-hybridized carbons (Fsp3) is 0.500. The Morgan fingerprint density at radius 1 is 1.30 bits per heavy atom. The van der Waals surface area contributed by atoms with Crippen LogP contribution in [0.15, 0.2) is 32.4 Å². The zero-order chi connectivity index (χ0) is 22.5. The Morgan fingerprint density at radius 2 is 2.00 bits per heavy atom. The molecule has 0 saturated heterocycles. The molecule has 1 aromatic carbocycles. The SMILES string of the molecule is CCCOc1ccc(S(=O)(=O)NCCN(C)C)cc1-c1nc(C(C)C)c(Br)c(=O)[nH]1. The number of nitrogens with zero attached hydrogens (tertiary/aromatic N) is 2. The predicted molar refractivity (Wildman–Crippen MR) is 122 cm³/mol. The number of aromatic nitrogens is 2. The highest BCUT2D eigenvalue weighted by Crippen LogP contribution is 2.31. The smallest absolute Gasteiger partial charge is 0.265 e. The van der Waals surface area contributed by atoms with E-state index < -0.39 is 10.0 Å². The van der Waals surface area contributed by atoms with E-state index >= 15 is 0 Å². The fourth-order valence-electron chi connectivity index (χ4n) is 2.67. The molecule has 0 saturated carbocycles. The van der Waals surface area contributed by atoms with Gasteiger partial charge >= 0.3 is 0 Å². The van der Waals surface area contributed by atoms with Crippen molar-refractivity contribution in [1.29, 1.82) is 0 Å². The Balaban J connectivity index is 2.56. The van der Waals surface area contributed by atoms with Gasteiger partial charge in [-0.2, -0.15) is 0 Å². The van der Waals surface area contributed by atoms with Crippen molar-refractivity contribution in [1.82, 2.24) is 19.6 Å². The average Bonchev–Trinajstić information content (AvgIpc) is 2.67. The van der Waals surface area contributed by atoms with Crippen molar-refractivity contribution >= 4 is 26.0 Å². The van der Waals surface area contributed by atoms with E-state index in [1.165, 1.54) is 12.1 Å². The summed E-state index contributed by atoms with van der Waals surface area (Å²) in [6.07, 6.45) is 0.785.